The first-order valence-electron chi connectivity index (χ1n) is 5.55. The predicted molar refractivity (Wildman–Crippen MR) is 77.3 cm³/mol. The molecule has 2 nitrogen and oxygen atoms in total. The van der Waals surface area contributed by atoms with E-state index in [-0.39, 0.29) is 0 Å². The first-order valence-corrected chi connectivity index (χ1v) is 6.57. The van der Waals surface area contributed by atoms with E-state index in [4.69, 9.17) is 21.1 Å². The fraction of sp³-hybridized carbons (Fsp3) is 0.143. The lowest BCUT2D eigenvalue weighted by Crippen LogP contribution is -1.98. The minimum absolute atomic E-state index is 0.529. The molecular weight excluding hydrogens is 268 g/mol. The number of para-hydroxylation sites is 1. The van der Waals surface area contributed by atoms with Gasteiger partial charge in [-0.05, 0) is 24.3 Å². The van der Waals surface area contributed by atoms with Gasteiger partial charge in [-0.2, -0.15) is 12.6 Å². The third-order valence-electron chi connectivity index (χ3n) is 2.23. The highest BCUT2D eigenvalue weighted by Gasteiger charge is 2.04. The van der Waals surface area contributed by atoms with Crippen LogP contribution in [0.4, 0.5) is 0 Å². The van der Waals surface area contributed by atoms with E-state index in [2.05, 4.69) is 12.6 Å². The highest BCUT2D eigenvalue weighted by molar-refractivity contribution is 7.80. The number of halogens is 1. The summed E-state index contributed by atoms with van der Waals surface area (Å²) in [4.78, 5) is 0. The maximum Gasteiger partial charge on any atom is 0.138 e. The number of hydrogen-bond donors (Lipinski definition) is 1. The van der Waals surface area contributed by atoms with Crippen LogP contribution in [0.5, 0.6) is 17.2 Å². The van der Waals surface area contributed by atoms with E-state index in [1.807, 2.05) is 36.4 Å². The lowest BCUT2D eigenvalue weighted by Gasteiger charge is -2.09. The number of rotatable bonds is 5. The SMILES string of the molecule is SCCOc1ccc(Oc2ccccc2)cc1Cl. The first-order chi connectivity index (χ1) is 8.79. The van der Waals surface area contributed by atoms with Crippen molar-refractivity contribution in [2.75, 3.05) is 12.4 Å². The molecule has 0 amide bonds. The molecule has 2 aromatic carbocycles. The smallest absolute Gasteiger partial charge is 0.138 e. The van der Waals surface area contributed by atoms with Gasteiger partial charge in [0.2, 0.25) is 0 Å². The van der Waals surface area contributed by atoms with Crippen LogP contribution in [-0.2, 0) is 0 Å². The summed E-state index contributed by atoms with van der Waals surface area (Å²) in [6, 6.07) is 14.9. The van der Waals surface area contributed by atoms with E-state index in [1.165, 1.54) is 0 Å². The summed E-state index contributed by atoms with van der Waals surface area (Å²) >= 11 is 10.2. The van der Waals surface area contributed by atoms with Crippen LogP contribution < -0.4 is 9.47 Å². The average Bonchev–Trinajstić information content (AvgIpc) is 2.39. The minimum Gasteiger partial charge on any atom is -0.491 e. The zero-order valence-corrected chi connectivity index (χ0v) is 11.3. The lowest BCUT2D eigenvalue weighted by molar-refractivity contribution is 0.344. The second-order valence-electron chi connectivity index (χ2n) is 3.58. The van der Waals surface area contributed by atoms with Crippen molar-refractivity contribution in [1.29, 1.82) is 0 Å². The zero-order chi connectivity index (χ0) is 12.8. The van der Waals surface area contributed by atoms with Crippen molar-refractivity contribution in [2.24, 2.45) is 0 Å². The van der Waals surface area contributed by atoms with Crippen LogP contribution in [0.1, 0.15) is 0 Å². The van der Waals surface area contributed by atoms with E-state index in [9.17, 15) is 0 Å². The molecule has 0 bridgehead atoms. The molecule has 94 valence electrons. The fourth-order valence-corrected chi connectivity index (χ4v) is 1.76. The van der Waals surface area contributed by atoms with E-state index >= 15 is 0 Å². The van der Waals surface area contributed by atoms with Crippen LogP contribution in [0.3, 0.4) is 0 Å². The largest absolute Gasteiger partial charge is 0.491 e. The second kappa shape index (κ2) is 6.57. The second-order valence-corrected chi connectivity index (χ2v) is 4.43. The van der Waals surface area contributed by atoms with Crippen molar-refractivity contribution >= 4 is 24.2 Å². The number of ether oxygens (including phenoxy) is 2. The molecule has 18 heavy (non-hydrogen) atoms. The van der Waals surface area contributed by atoms with Crippen LogP contribution in [-0.4, -0.2) is 12.4 Å². The van der Waals surface area contributed by atoms with E-state index in [0.29, 0.717) is 28.9 Å². The Labute approximate surface area is 117 Å². The van der Waals surface area contributed by atoms with Crippen LogP contribution in [0, 0.1) is 0 Å². The first kappa shape index (κ1) is 13.1. The maximum atomic E-state index is 6.10. The number of hydrogen-bond acceptors (Lipinski definition) is 3. The maximum absolute atomic E-state index is 6.10. The molecule has 0 fully saturated rings. The zero-order valence-electron chi connectivity index (χ0n) is 9.67. The van der Waals surface area contributed by atoms with Crippen molar-refractivity contribution < 1.29 is 9.47 Å². The Bertz CT molecular complexity index is 502. The third-order valence-corrected chi connectivity index (χ3v) is 2.71. The molecule has 2 aromatic rings. The molecule has 4 heteroatoms. The molecule has 0 unspecified atom stereocenters. The Morgan fingerprint density at radius 1 is 1.00 bits per heavy atom. The summed E-state index contributed by atoms with van der Waals surface area (Å²) in [6.07, 6.45) is 0. The molecule has 0 saturated carbocycles. The van der Waals surface area contributed by atoms with Crippen molar-refractivity contribution in [3.63, 3.8) is 0 Å². The van der Waals surface area contributed by atoms with Crippen molar-refractivity contribution in [2.45, 2.75) is 0 Å². The molecule has 0 aliphatic heterocycles. The highest BCUT2D eigenvalue weighted by atomic mass is 35.5. The Morgan fingerprint density at radius 2 is 1.78 bits per heavy atom. The fourth-order valence-electron chi connectivity index (χ4n) is 1.44. The van der Waals surface area contributed by atoms with Gasteiger partial charge in [-0.3, -0.25) is 0 Å². The molecule has 0 atom stereocenters. The van der Waals surface area contributed by atoms with Crippen LogP contribution in [0.25, 0.3) is 0 Å². The van der Waals surface area contributed by atoms with Gasteiger partial charge in [-0.25, -0.2) is 0 Å². The van der Waals surface area contributed by atoms with Gasteiger partial charge < -0.3 is 9.47 Å². The van der Waals surface area contributed by atoms with E-state index in [1.54, 1.807) is 12.1 Å². The molecule has 0 aliphatic rings. The topological polar surface area (TPSA) is 18.5 Å². The molecule has 0 aromatic heterocycles. The van der Waals surface area contributed by atoms with Crippen molar-refractivity contribution in [3.05, 3.63) is 53.6 Å². The monoisotopic (exact) mass is 280 g/mol. The molecule has 0 spiro atoms. The molecule has 0 N–H and O–H groups in total. The molecular formula is C14H13ClO2S. The highest BCUT2D eigenvalue weighted by Crippen LogP contribution is 2.31. The average molecular weight is 281 g/mol. The van der Waals surface area contributed by atoms with Crippen LogP contribution in [0.15, 0.2) is 48.5 Å². The molecule has 0 aliphatic carbocycles. The molecule has 0 radical (unpaired) electrons. The Kier molecular flexibility index (Phi) is 4.79. The van der Waals surface area contributed by atoms with Crippen molar-refractivity contribution in [3.8, 4) is 17.2 Å². The number of thiol groups is 1. The van der Waals surface area contributed by atoms with Gasteiger partial charge >= 0.3 is 0 Å². The van der Waals surface area contributed by atoms with Gasteiger partial charge in [0.1, 0.15) is 17.2 Å². The van der Waals surface area contributed by atoms with Crippen LogP contribution >= 0.6 is 24.2 Å². The lowest BCUT2D eigenvalue weighted by atomic mass is 10.3. The number of benzene rings is 2. The predicted octanol–water partition coefficient (Wildman–Crippen LogP) is 4.44. The normalized spacial score (nSPS) is 10.1. The van der Waals surface area contributed by atoms with Gasteiger partial charge in [0.25, 0.3) is 0 Å². The Morgan fingerprint density at radius 3 is 2.44 bits per heavy atom. The standard InChI is InChI=1S/C14H13ClO2S/c15-13-10-12(6-7-14(13)16-8-9-18)17-11-4-2-1-3-5-11/h1-7,10,18H,8-9H2. The minimum atomic E-state index is 0.529. The molecule has 0 heterocycles. The summed E-state index contributed by atoms with van der Waals surface area (Å²) < 4.78 is 11.1. The van der Waals surface area contributed by atoms with Gasteiger partial charge in [-0.1, -0.05) is 29.8 Å². The van der Waals surface area contributed by atoms with E-state index < -0.39 is 0 Å². The summed E-state index contributed by atoms with van der Waals surface area (Å²) in [6.45, 7) is 0.529. The summed E-state index contributed by atoms with van der Waals surface area (Å²) in [7, 11) is 0. The Balaban J connectivity index is 2.09. The van der Waals surface area contributed by atoms with Gasteiger partial charge in [0.05, 0.1) is 11.6 Å². The quantitative estimate of drug-likeness (QED) is 0.816. The summed E-state index contributed by atoms with van der Waals surface area (Å²) in [5.41, 5.74) is 0. The van der Waals surface area contributed by atoms with E-state index in [0.717, 1.165) is 5.75 Å². The summed E-state index contributed by atoms with van der Waals surface area (Å²) in [5, 5.41) is 0.533. The molecule has 2 rings (SSSR count). The van der Waals surface area contributed by atoms with Crippen LogP contribution in [0.2, 0.25) is 5.02 Å². The molecule has 0 saturated heterocycles. The van der Waals surface area contributed by atoms with Gasteiger partial charge in [-0.15, -0.1) is 0 Å². The van der Waals surface area contributed by atoms with Gasteiger partial charge in [0.15, 0.2) is 0 Å². The van der Waals surface area contributed by atoms with Crippen molar-refractivity contribution in [1.82, 2.24) is 0 Å². The van der Waals surface area contributed by atoms with Gasteiger partial charge in [0, 0.05) is 11.8 Å². The third kappa shape index (κ3) is 3.59. The Hall–Kier alpha value is -1.32. The summed E-state index contributed by atoms with van der Waals surface area (Å²) in [5.74, 6) is 2.76.